The number of rotatable bonds is 14. The van der Waals surface area contributed by atoms with Crippen molar-refractivity contribution < 1.29 is 42.2 Å². The number of likely N-dealkylation sites (tertiary alicyclic amines) is 1. The molecule has 280 valence electrons. The maximum absolute atomic E-state index is 14.2. The monoisotopic (exact) mass is 707 g/mol. The van der Waals surface area contributed by atoms with E-state index in [0.29, 0.717) is 12.0 Å². The molecule has 0 radical (unpaired) electrons. The van der Waals surface area contributed by atoms with Crippen LogP contribution in [0.4, 0.5) is 13.6 Å². The van der Waals surface area contributed by atoms with E-state index in [4.69, 9.17) is 9.47 Å². The van der Waals surface area contributed by atoms with E-state index in [9.17, 15) is 32.8 Å². The highest BCUT2D eigenvalue weighted by molar-refractivity contribution is 5.96. The van der Waals surface area contributed by atoms with Crippen molar-refractivity contribution in [3.8, 4) is 0 Å². The second-order valence-corrected chi connectivity index (χ2v) is 16.1. The highest BCUT2D eigenvalue weighted by Crippen LogP contribution is 2.65. The van der Waals surface area contributed by atoms with E-state index in [-0.39, 0.29) is 48.4 Å². The zero-order valence-electron chi connectivity index (χ0n) is 30.9. The summed E-state index contributed by atoms with van der Waals surface area (Å²) in [7, 11) is 2.82. The maximum Gasteiger partial charge on any atom is 0.337 e. The Hall–Kier alpha value is -3.81. The Kier molecular flexibility index (Phi) is 13.0. The molecule has 1 aliphatic carbocycles. The van der Waals surface area contributed by atoms with Crippen LogP contribution in [0, 0.1) is 28.1 Å². The van der Waals surface area contributed by atoms with Crippen LogP contribution in [0.3, 0.4) is 0 Å². The fourth-order valence-corrected chi connectivity index (χ4v) is 6.68. The average molecular weight is 708 g/mol. The highest BCUT2D eigenvalue weighted by atomic mass is 19.3. The molecule has 1 aliphatic heterocycles. The highest BCUT2D eigenvalue weighted by Gasteiger charge is 2.70. The van der Waals surface area contributed by atoms with Crippen LogP contribution in [0.1, 0.15) is 77.7 Å². The van der Waals surface area contributed by atoms with Crippen LogP contribution in [-0.4, -0.2) is 99.1 Å². The second-order valence-electron chi connectivity index (χ2n) is 16.1. The topological polar surface area (TPSA) is 155 Å². The van der Waals surface area contributed by atoms with Gasteiger partial charge in [0, 0.05) is 26.6 Å². The van der Waals surface area contributed by atoms with E-state index < -0.39 is 66.1 Å². The van der Waals surface area contributed by atoms with Crippen LogP contribution >= 0.6 is 0 Å². The number of amides is 5. The SMILES string of the molecule is COC[C@@H](NC(=O)N[C@H](C(=O)N1CC2C([C@H]1C(=O)N[C@@H](CC(F)F)C(=O)NCCc1ccc(C(=O)OC)cc1)C2(C)C)C(C)(C)C)C(C)(C)C. The van der Waals surface area contributed by atoms with Crippen molar-refractivity contribution >= 4 is 29.7 Å². The van der Waals surface area contributed by atoms with Crippen molar-refractivity contribution in [1.82, 2.24) is 26.2 Å². The standard InChI is InChI=1S/C36H55F2N5O7/c1-34(2,3)24(19-49-9)41-33(48)42-28(35(4,5)6)31(46)43-18-22-26(36(22,7)8)27(43)30(45)40-23(17-25(37)38)29(44)39-16-15-20-11-13-21(14-12-20)32(47)50-10/h11-14,22-28H,15-19H2,1-10H3,(H,39,44)(H,40,45)(H2,41,42,48)/t22?,23-,24+,26?,27-,28+/m0/s1. The Morgan fingerprint density at radius 1 is 0.940 bits per heavy atom. The molecule has 1 saturated heterocycles. The van der Waals surface area contributed by atoms with Gasteiger partial charge in [-0.15, -0.1) is 0 Å². The van der Waals surface area contributed by atoms with Gasteiger partial charge >= 0.3 is 12.0 Å². The number of benzene rings is 1. The number of esters is 1. The molecular formula is C36H55F2N5O7. The summed E-state index contributed by atoms with van der Waals surface area (Å²) >= 11 is 0. The van der Waals surface area contributed by atoms with Crippen molar-refractivity contribution in [3.05, 3.63) is 35.4 Å². The van der Waals surface area contributed by atoms with E-state index in [1.807, 2.05) is 34.6 Å². The molecule has 2 unspecified atom stereocenters. The Balaban J connectivity index is 1.75. The smallest absolute Gasteiger partial charge is 0.337 e. The second kappa shape index (κ2) is 16.0. The van der Waals surface area contributed by atoms with Gasteiger partial charge in [0.25, 0.3) is 0 Å². The molecule has 4 N–H and O–H groups in total. The van der Waals surface area contributed by atoms with Crippen LogP contribution in [0.15, 0.2) is 24.3 Å². The first-order valence-electron chi connectivity index (χ1n) is 17.0. The molecule has 1 heterocycles. The van der Waals surface area contributed by atoms with Crippen molar-refractivity contribution in [2.75, 3.05) is 33.9 Å². The first-order valence-corrected chi connectivity index (χ1v) is 17.0. The molecule has 1 saturated carbocycles. The van der Waals surface area contributed by atoms with Crippen molar-refractivity contribution in [2.45, 2.75) is 98.8 Å². The van der Waals surface area contributed by atoms with Gasteiger partial charge in [-0.2, -0.15) is 0 Å². The fraction of sp³-hybridized carbons (Fsp3) is 0.694. The molecule has 5 amide bonds. The molecule has 50 heavy (non-hydrogen) atoms. The van der Waals surface area contributed by atoms with Gasteiger partial charge in [-0.25, -0.2) is 18.4 Å². The number of nitrogens with one attached hydrogen (secondary N) is 4. The molecule has 1 aromatic rings. The number of carbonyl (C=O) groups excluding carboxylic acids is 5. The van der Waals surface area contributed by atoms with Gasteiger partial charge in [-0.05, 0) is 52.2 Å². The van der Waals surface area contributed by atoms with Gasteiger partial charge in [0.2, 0.25) is 24.1 Å². The van der Waals surface area contributed by atoms with Crippen LogP contribution in [0.25, 0.3) is 0 Å². The largest absolute Gasteiger partial charge is 0.465 e. The van der Waals surface area contributed by atoms with E-state index >= 15 is 0 Å². The van der Waals surface area contributed by atoms with Crippen molar-refractivity contribution in [1.29, 1.82) is 0 Å². The molecule has 0 spiro atoms. The number of fused-ring (bicyclic) bond motifs is 1. The zero-order valence-corrected chi connectivity index (χ0v) is 30.9. The zero-order chi connectivity index (χ0) is 37.8. The fourth-order valence-electron chi connectivity index (χ4n) is 6.68. The minimum absolute atomic E-state index is 0.0171. The minimum atomic E-state index is -2.88. The lowest BCUT2D eigenvalue weighted by atomic mass is 9.85. The van der Waals surface area contributed by atoms with Gasteiger partial charge in [-0.1, -0.05) is 67.5 Å². The first kappa shape index (κ1) is 40.6. The normalized spacial score (nSPS) is 21.4. The van der Waals surface area contributed by atoms with Gasteiger partial charge in [-0.3, -0.25) is 14.4 Å². The molecule has 14 heteroatoms. The maximum atomic E-state index is 14.2. The summed E-state index contributed by atoms with van der Waals surface area (Å²) in [5.41, 5.74) is -0.223. The summed E-state index contributed by atoms with van der Waals surface area (Å²) < 4.78 is 37.4. The Morgan fingerprint density at radius 3 is 2.08 bits per heavy atom. The molecule has 2 fully saturated rings. The van der Waals surface area contributed by atoms with E-state index in [1.165, 1.54) is 19.1 Å². The van der Waals surface area contributed by atoms with Crippen molar-refractivity contribution in [2.24, 2.45) is 28.1 Å². The number of alkyl halides is 2. The van der Waals surface area contributed by atoms with Gasteiger partial charge in [0.05, 0.1) is 25.3 Å². The Bertz CT molecular complexity index is 1390. The number of hydrogen-bond acceptors (Lipinski definition) is 7. The summed E-state index contributed by atoms with van der Waals surface area (Å²) in [6.07, 6.45) is -3.44. The quantitative estimate of drug-likeness (QED) is 0.216. The third kappa shape index (κ3) is 9.91. The average Bonchev–Trinajstić information content (AvgIpc) is 3.32. The molecule has 12 nitrogen and oxygen atoms in total. The summed E-state index contributed by atoms with van der Waals surface area (Å²) in [6.45, 7) is 15.9. The van der Waals surface area contributed by atoms with E-state index in [2.05, 4.69) is 21.3 Å². The van der Waals surface area contributed by atoms with E-state index in [1.54, 1.807) is 45.0 Å². The molecule has 3 rings (SSSR count). The predicted octanol–water partition coefficient (Wildman–Crippen LogP) is 3.53. The number of carbonyl (C=O) groups is 5. The number of urea groups is 1. The Labute approximate surface area is 294 Å². The lowest BCUT2D eigenvalue weighted by Crippen LogP contribution is -2.62. The van der Waals surface area contributed by atoms with Crippen LogP contribution < -0.4 is 21.3 Å². The predicted molar refractivity (Wildman–Crippen MR) is 183 cm³/mol. The number of hydrogen-bond donors (Lipinski definition) is 4. The van der Waals surface area contributed by atoms with Gasteiger partial charge in [0.15, 0.2) is 0 Å². The third-order valence-electron chi connectivity index (χ3n) is 9.97. The van der Waals surface area contributed by atoms with Crippen molar-refractivity contribution in [3.63, 3.8) is 0 Å². The third-order valence-corrected chi connectivity index (χ3v) is 9.97. The summed E-state index contributed by atoms with van der Waals surface area (Å²) in [5.74, 6) is -2.69. The van der Waals surface area contributed by atoms with Gasteiger partial charge in [0.1, 0.15) is 18.1 Å². The van der Waals surface area contributed by atoms with Crippen LogP contribution in [0.2, 0.25) is 0 Å². The summed E-state index contributed by atoms with van der Waals surface area (Å²) in [5, 5.41) is 10.9. The number of piperidine rings is 1. The molecular weight excluding hydrogens is 652 g/mol. The summed E-state index contributed by atoms with van der Waals surface area (Å²) in [6, 6.07) is 2.06. The van der Waals surface area contributed by atoms with Crippen LogP contribution in [-0.2, 0) is 30.3 Å². The Morgan fingerprint density at radius 2 is 1.56 bits per heavy atom. The molecule has 2 aliphatic rings. The lowest BCUT2D eigenvalue weighted by molar-refractivity contribution is -0.144. The summed E-state index contributed by atoms with van der Waals surface area (Å²) in [4.78, 5) is 67.6. The van der Waals surface area contributed by atoms with Crippen LogP contribution in [0.5, 0.6) is 0 Å². The number of ether oxygens (including phenoxy) is 2. The number of methoxy groups -OCH3 is 2. The van der Waals surface area contributed by atoms with E-state index in [0.717, 1.165) is 5.56 Å². The number of halogens is 2. The molecule has 1 aromatic carbocycles. The molecule has 0 bridgehead atoms. The number of nitrogens with zero attached hydrogens (tertiary/aromatic N) is 1. The lowest BCUT2D eigenvalue weighted by Gasteiger charge is -2.38. The molecule has 0 aromatic heterocycles. The minimum Gasteiger partial charge on any atom is -0.465 e. The first-order chi connectivity index (χ1) is 23.1. The van der Waals surface area contributed by atoms with Gasteiger partial charge < -0.3 is 35.6 Å². The molecule has 6 atom stereocenters.